The Balaban J connectivity index is 1.86. The number of aryl methyl sites for hydroxylation is 2. The standard InChI is InChI=1S/C19H17N3O/c1-13-7-3-4-8-15(13)12-20-22-19(23)17-11-14(2)21-18-10-6-5-9-16(17)18/h3-12H,1-2H3,(H,22,23)/b20-12+. The van der Waals surface area contributed by atoms with E-state index in [4.69, 9.17) is 0 Å². The van der Waals surface area contributed by atoms with Gasteiger partial charge in [-0.25, -0.2) is 5.43 Å². The molecule has 1 amide bonds. The second kappa shape index (κ2) is 6.40. The van der Waals surface area contributed by atoms with Gasteiger partial charge in [0.1, 0.15) is 0 Å². The van der Waals surface area contributed by atoms with E-state index in [1.165, 1.54) is 0 Å². The van der Waals surface area contributed by atoms with Gasteiger partial charge in [0, 0.05) is 11.1 Å². The molecular weight excluding hydrogens is 286 g/mol. The number of hydrogen-bond donors (Lipinski definition) is 1. The molecule has 1 aromatic heterocycles. The molecule has 114 valence electrons. The topological polar surface area (TPSA) is 54.4 Å². The Morgan fingerprint density at radius 1 is 1.09 bits per heavy atom. The molecule has 2 aromatic carbocycles. The zero-order valence-corrected chi connectivity index (χ0v) is 13.1. The number of benzene rings is 2. The van der Waals surface area contributed by atoms with Crippen molar-refractivity contribution in [3.8, 4) is 0 Å². The van der Waals surface area contributed by atoms with Crippen LogP contribution in [0.2, 0.25) is 0 Å². The van der Waals surface area contributed by atoms with Crippen LogP contribution in [0.1, 0.15) is 27.2 Å². The molecule has 3 rings (SSSR count). The molecular formula is C19H17N3O. The van der Waals surface area contributed by atoms with Crippen LogP contribution >= 0.6 is 0 Å². The van der Waals surface area contributed by atoms with Crippen molar-refractivity contribution in [2.75, 3.05) is 0 Å². The van der Waals surface area contributed by atoms with Crippen molar-refractivity contribution in [1.82, 2.24) is 10.4 Å². The van der Waals surface area contributed by atoms with E-state index in [2.05, 4.69) is 15.5 Å². The molecule has 0 saturated heterocycles. The predicted molar refractivity (Wildman–Crippen MR) is 92.7 cm³/mol. The van der Waals surface area contributed by atoms with Crippen molar-refractivity contribution in [2.45, 2.75) is 13.8 Å². The number of para-hydroxylation sites is 1. The average Bonchev–Trinajstić information content (AvgIpc) is 2.55. The minimum Gasteiger partial charge on any atom is -0.267 e. The van der Waals surface area contributed by atoms with Crippen LogP contribution in [0.5, 0.6) is 0 Å². The van der Waals surface area contributed by atoms with E-state index in [0.29, 0.717) is 5.56 Å². The molecule has 0 spiro atoms. The zero-order chi connectivity index (χ0) is 16.2. The van der Waals surface area contributed by atoms with Gasteiger partial charge in [0.2, 0.25) is 0 Å². The molecule has 3 aromatic rings. The summed E-state index contributed by atoms with van der Waals surface area (Å²) in [7, 11) is 0. The molecule has 0 radical (unpaired) electrons. The Labute approximate surface area is 134 Å². The van der Waals surface area contributed by atoms with Crippen LogP contribution in [0.4, 0.5) is 0 Å². The van der Waals surface area contributed by atoms with Gasteiger partial charge < -0.3 is 0 Å². The molecule has 23 heavy (non-hydrogen) atoms. The number of carbonyl (C=O) groups excluding carboxylic acids is 1. The lowest BCUT2D eigenvalue weighted by molar-refractivity contribution is 0.0956. The molecule has 4 heteroatoms. The molecule has 0 aliphatic heterocycles. The van der Waals surface area contributed by atoms with Crippen LogP contribution in [0.15, 0.2) is 59.7 Å². The molecule has 1 heterocycles. The highest BCUT2D eigenvalue weighted by molar-refractivity contribution is 6.06. The van der Waals surface area contributed by atoms with E-state index in [9.17, 15) is 4.79 Å². The summed E-state index contributed by atoms with van der Waals surface area (Å²) in [5.74, 6) is -0.239. The molecule has 0 aliphatic rings. The summed E-state index contributed by atoms with van der Waals surface area (Å²) in [5.41, 5.74) is 6.87. The Hall–Kier alpha value is -3.01. The number of carbonyl (C=O) groups is 1. The maximum Gasteiger partial charge on any atom is 0.272 e. The molecule has 0 unspecified atom stereocenters. The minimum atomic E-state index is -0.239. The summed E-state index contributed by atoms with van der Waals surface area (Å²) in [6.45, 7) is 3.88. The van der Waals surface area contributed by atoms with Gasteiger partial charge in [-0.2, -0.15) is 5.10 Å². The smallest absolute Gasteiger partial charge is 0.267 e. The Morgan fingerprint density at radius 2 is 1.83 bits per heavy atom. The first kappa shape index (κ1) is 14.9. The van der Waals surface area contributed by atoms with E-state index in [-0.39, 0.29) is 5.91 Å². The fourth-order valence-electron chi connectivity index (χ4n) is 2.45. The molecule has 0 fully saturated rings. The van der Waals surface area contributed by atoms with E-state index in [1.54, 1.807) is 12.3 Å². The summed E-state index contributed by atoms with van der Waals surface area (Å²) in [5, 5.41) is 4.89. The molecule has 0 aliphatic carbocycles. The van der Waals surface area contributed by atoms with E-state index in [0.717, 1.165) is 27.7 Å². The number of rotatable bonds is 3. The third-order valence-electron chi connectivity index (χ3n) is 3.65. The molecule has 0 atom stereocenters. The first-order valence-electron chi connectivity index (χ1n) is 7.40. The molecule has 1 N–H and O–H groups in total. The van der Waals surface area contributed by atoms with Crippen LogP contribution in [-0.2, 0) is 0 Å². The quantitative estimate of drug-likeness (QED) is 0.593. The third kappa shape index (κ3) is 3.26. The first-order chi connectivity index (χ1) is 11.1. The maximum atomic E-state index is 12.4. The maximum absolute atomic E-state index is 12.4. The fourth-order valence-corrected chi connectivity index (χ4v) is 2.45. The van der Waals surface area contributed by atoms with E-state index < -0.39 is 0 Å². The summed E-state index contributed by atoms with van der Waals surface area (Å²) in [4.78, 5) is 16.9. The molecule has 4 nitrogen and oxygen atoms in total. The number of amides is 1. The summed E-state index contributed by atoms with van der Waals surface area (Å²) >= 11 is 0. The van der Waals surface area contributed by atoms with Gasteiger partial charge in [-0.05, 0) is 37.1 Å². The van der Waals surface area contributed by atoms with Crippen molar-refractivity contribution >= 4 is 23.0 Å². The molecule has 0 bridgehead atoms. The first-order valence-corrected chi connectivity index (χ1v) is 7.40. The number of nitrogens with one attached hydrogen (secondary N) is 1. The van der Waals surface area contributed by atoms with Crippen molar-refractivity contribution in [1.29, 1.82) is 0 Å². The minimum absolute atomic E-state index is 0.239. The van der Waals surface area contributed by atoms with Gasteiger partial charge in [-0.15, -0.1) is 0 Å². The number of aromatic nitrogens is 1. The number of pyridine rings is 1. The monoisotopic (exact) mass is 303 g/mol. The van der Waals surface area contributed by atoms with Gasteiger partial charge in [0.05, 0.1) is 17.3 Å². The van der Waals surface area contributed by atoms with Crippen molar-refractivity contribution in [3.63, 3.8) is 0 Å². The summed E-state index contributed by atoms with van der Waals surface area (Å²) < 4.78 is 0. The average molecular weight is 303 g/mol. The second-order valence-electron chi connectivity index (χ2n) is 5.38. The second-order valence-corrected chi connectivity index (χ2v) is 5.38. The summed E-state index contributed by atoms with van der Waals surface area (Å²) in [6.07, 6.45) is 1.66. The van der Waals surface area contributed by atoms with Gasteiger partial charge in [0.25, 0.3) is 5.91 Å². The Morgan fingerprint density at radius 3 is 2.65 bits per heavy atom. The highest BCUT2D eigenvalue weighted by Crippen LogP contribution is 2.18. The van der Waals surface area contributed by atoms with Crippen LogP contribution in [0.25, 0.3) is 10.9 Å². The lowest BCUT2D eigenvalue weighted by Gasteiger charge is -2.06. The van der Waals surface area contributed by atoms with Gasteiger partial charge >= 0.3 is 0 Å². The fraction of sp³-hybridized carbons (Fsp3) is 0.105. The number of hydrazone groups is 1. The van der Waals surface area contributed by atoms with Crippen molar-refractivity contribution in [3.05, 3.63) is 77.0 Å². The number of nitrogens with zero attached hydrogens (tertiary/aromatic N) is 2. The third-order valence-corrected chi connectivity index (χ3v) is 3.65. The van der Waals surface area contributed by atoms with Gasteiger partial charge in [-0.3, -0.25) is 9.78 Å². The van der Waals surface area contributed by atoms with Crippen LogP contribution in [0, 0.1) is 13.8 Å². The largest absolute Gasteiger partial charge is 0.272 e. The number of fused-ring (bicyclic) bond motifs is 1. The lowest BCUT2D eigenvalue weighted by Crippen LogP contribution is -2.18. The Bertz CT molecular complexity index is 900. The number of hydrogen-bond acceptors (Lipinski definition) is 3. The van der Waals surface area contributed by atoms with Crippen LogP contribution in [-0.4, -0.2) is 17.1 Å². The van der Waals surface area contributed by atoms with Crippen LogP contribution in [0.3, 0.4) is 0 Å². The highest BCUT2D eigenvalue weighted by Gasteiger charge is 2.10. The SMILES string of the molecule is Cc1cc(C(=O)N/N=C/c2ccccc2C)c2ccccc2n1. The van der Waals surface area contributed by atoms with Crippen LogP contribution < -0.4 is 5.43 Å². The molecule has 0 saturated carbocycles. The predicted octanol–water partition coefficient (Wildman–Crippen LogP) is 3.62. The lowest BCUT2D eigenvalue weighted by atomic mass is 10.1. The van der Waals surface area contributed by atoms with Crippen molar-refractivity contribution in [2.24, 2.45) is 5.10 Å². The zero-order valence-electron chi connectivity index (χ0n) is 13.1. The van der Waals surface area contributed by atoms with E-state index in [1.807, 2.05) is 62.4 Å². The van der Waals surface area contributed by atoms with Gasteiger partial charge in [-0.1, -0.05) is 42.5 Å². The Kier molecular flexibility index (Phi) is 4.15. The highest BCUT2D eigenvalue weighted by atomic mass is 16.2. The summed E-state index contributed by atoms with van der Waals surface area (Å²) in [6, 6.07) is 17.2. The van der Waals surface area contributed by atoms with Crippen molar-refractivity contribution < 1.29 is 4.79 Å². The van der Waals surface area contributed by atoms with E-state index >= 15 is 0 Å². The van der Waals surface area contributed by atoms with Gasteiger partial charge in [0.15, 0.2) is 0 Å². The normalized spacial score (nSPS) is 11.0.